The summed E-state index contributed by atoms with van der Waals surface area (Å²) in [7, 11) is 0. The van der Waals surface area contributed by atoms with E-state index in [0.29, 0.717) is 23.2 Å². The monoisotopic (exact) mass is 276 g/mol. The van der Waals surface area contributed by atoms with Crippen molar-refractivity contribution >= 4 is 11.0 Å². The highest BCUT2D eigenvalue weighted by atomic mass is 19.1. The fourth-order valence-corrected chi connectivity index (χ4v) is 3.27. The lowest BCUT2D eigenvalue weighted by Gasteiger charge is -2.36. The van der Waals surface area contributed by atoms with Gasteiger partial charge >= 0.3 is 0 Å². The lowest BCUT2D eigenvalue weighted by Crippen LogP contribution is -2.32. The standard InChI is InChI=1S/C17H21FO2/c1-11(2)12-5-7-17(19,8-6-12)16-10-13-9-14(18)3-4-15(13)20-16/h3-4,9-12,19H,5-8H2,1-2H3. The molecule has 1 aliphatic rings. The molecule has 2 nitrogen and oxygen atoms in total. The van der Waals surface area contributed by atoms with E-state index < -0.39 is 5.60 Å². The minimum absolute atomic E-state index is 0.277. The summed E-state index contributed by atoms with van der Waals surface area (Å²) in [6.07, 6.45) is 3.47. The Hall–Kier alpha value is -1.35. The molecule has 2 aromatic rings. The van der Waals surface area contributed by atoms with Gasteiger partial charge in [0.2, 0.25) is 0 Å². The van der Waals surface area contributed by atoms with Gasteiger partial charge in [-0.25, -0.2) is 4.39 Å². The van der Waals surface area contributed by atoms with Crippen molar-refractivity contribution in [1.29, 1.82) is 0 Å². The Bertz CT molecular complexity index is 606. The topological polar surface area (TPSA) is 33.4 Å². The molecule has 3 heteroatoms. The second kappa shape index (κ2) is 4.88. The lowest BCUT2D eigenvalue weighted by molar-refractivity contribution is -0.0359. The van der Waals surface area contributed by atoms with Gasteiger partial charge in [-0.15, -0.1) is 0 Å². The van der Waals surface area contributed by atoms with Gasteiger partial charge in [-0.3, -0.25) is 0 Å². The van der Waals surface area contributed by atoms with Gasteiger partial charge in [0.15, 0.2) is 0 Å². The molecule has 0 amide bonds. The second-order valence-corrected chi connectivity index (χ2v) is 6.41. The molecule has 0 unspecified atom stereocenters. The van der Waals surface area contributed by atoms with Gasteiger partial charge < -0.3 is 9.52 Å². The maximum Gasteiger partial charge on any atom is 0.136 e. The van der Waals surface area contributed by atoms with Crippen molar-refractivity contribution in [3.8, 4) is 0 Å². The van der Waals surface area contributed by atoms with Gasteiger partial charge in [0, 0.05) is 5.39 Å². The van der Waals surface area contributed by atoms with Crippen molar-refractivity contribution in [3.63, 3.8) is 0 Å². The average Bonchev–Trinajstić information content (AvgIpc) is 2.83. The molecule has 3 rings (SSSR count). The second-order valence-electron chi connectivity index (χ2n) is 6.41. The Morgan fingerprint density at radius 3 is 2.60 bits per heavy atom. The van der Waals surface area contributed by atoms with Crippen molar-refractivity contribution < 1.29 is 13.9 Å². The minimum atomic E-state index is -0.888. The van der Waals surface area contributed by atoms with Crippen LogP contribution in [0.4, 0.5) is 4.39 Å². The van der Waals surface area contributed by atoms with Crippen LogP contribution < -0.4 is 0 Å². The molecule has 0 atom stereocenters. The fraction of sp³-hybridized carbons (Fsp3) is 0.529. The van der Waals surface area contributed by atoms with Gasteiger partial charge in [0.05, 0.1) is 0 Å². The van der Waals surface area contributed by atoms with E-state index in [1.165, 1.54) is 12.1 Å². The van der Waals surface area contributed by atoms with Gasteiger partial charge in [0.1, 0.15) is 22.8 Å². The first-order chi connectivity index (χ1) is 9.48. The molecular formula is C17H21FO2. The van der Waals surface area contributed by atoms with Gasteiger partial charge in [-0.05, 0) is 61.8 Å². The molecule has 20 heavy (non-hydrogen) atoms. The van der Waals surface area contributed by atoms with E-state index in [1.807, 2.05) is 0 Å². The third kappa shape index (κ3) is 2.35. The highest BCUT2D eigenvalue weighted by Gasteiger charge is 2.38. The number of furan rings is 1. The Kier molecular flexibility index (Phi) is 3.33. The van der Waals surface area contributed by atoms with Gasteiger partial charge in [-0.1, -0.05) is 13.8 Å². The van der Waals surface area contributed by atoms with Crippen LogP contribution in [0.5, 0.6) is 0 Å². The highest BCUT2D eigenvalue weighted by Crippen LogP contribution is 2.43. The van der Waals surface area contributed by atoms with Crippen molar-refractivity contribution in [1.82, 2.24) is 0 Å². The summed E-state index contributed by atoms with van der Waals surface area (Å²) in [5, 5.41) is 11.5. The van der Waals surface area contributed by atoms with E-state index >= 15 is 0 Å². The number of halogens is 1. The highest BCUT2D eigenvalue weighted by molar-refractivity contribution is 5.78. The Morgan fingerprint density at radius 2 is 1.95 bits per heavy atom. The van der Waals surface area contributed by atoms with Crippen LogP contribution >= 0.6 is 0 Å². The number of hydrogen-bond acceptors (Lipinski definition) is 2. The van der Waals surface area contributed by atoms with Crippen LogP contribution in [0, 0.1) is 17.7 Å². The predicted octanol–water partition coefficient (Wildman–Crippen LogP) is 4.61. The van der Waals surface area contributed by atoms with E-state index in [2.05, 4.69) is 13.8 Å². The molecule has 0 radical (unpaired) electrons. The van der Waals surface area contributed by atoms with Crippen LogP contribution in [-0.2, 0) is 5.60 Å². The molecule has 1 fully saturated rings. The van der Waals surface area contributed by atoms with Crippen LogP contribution in [0.25, 0.3) is 11.0 Å². The van der Waals surface area contributed by atoms with Gasteiger partial charge in [0.25, 0.3) is 0 Å². The van der Waals surface area contributed by atoms with Crippen LogP contribution in [-0.4, -0.2) is 5.11 Å². The number of fused-ring (bicyclic) bond motifs is 1. The molecule has 1 N–H and O–H groups in total. The van der Waals surface area contributed by atoms with E-state index in [-0.39, 0.29) is 5.82 Å². The third-order valence-corrected chi connectivity index (χ3v) is 4.74. The smallest absolute Gasteiger partial charge is 0.136 e. The maximum atomic E-state index is 13.2. The molecule has 0 saturated heterocycles. The molecule has 108 valence electrons. The van der Waals surface area contributed by atoms with E-state index in [9.17, 15) is 9.50 Å². The molecule has 1 saturated carbocycles. The summed E-state index contributed by atoms with van der Waals surface area (Å²) in [5.41, 5.74) is -0.248. The minimum Gasteiger partial charge on any atom is -0.458 e. The Balaban J connectivity index is 1.87. The third-order valence-electron chi connectivity index (χ3n) is 4.74. The number of aliphatic hydroxyl groups is 1. The normalized spacial score (nSPS) is 27.4. The van der Waals surface area contributed by atoms with Crippen molar-refractivity contribution in [2.45, 2.75) is 45.1 Å². The molecule has 1 aromatic carbocycles. The lowest BCUT2D eigenvalue weighted by atomic mass is 9.74. The van der Waals surface area contributed by atoms with E-state index in [4.69, 9.17) is 4.42 Å². The summed E-state index contributed by atoms with van der Waals surface area (Å²) in [6, 6.07) is 6.24. The predicted molar refractivity (Wildman–Crippen MR) is 76.9 cm³/mol. The molecule has 0 aliphatic heterocycles. The van der Waals surface area contributed by atoms with Crippen LogP contribution in [0.2, 0.25) is 0 Å². The molecule has 1 aromatic heterocycles. The Labute approximate surface area is 118 Å². The molecule has 0 bridgehead atoms. The van der Waals surface area contributed by atoms with Crippen LogP contribution in [0.3, 0.4) is 0 Å². The van der Waals surface area contributed by atoms with E-state index in [0.717, 1.165) is 31.1 Å². The molecule has 1 aliphatic carbocycles. The van der Waals surface area contributed by atoms with Crippen LogP contribution in [0.1, 0.15) is 45.3 Å². The van der Waals surface area contributed by atoms with Crippen molar-refractivity contribution in [2.24, 2.45) is 11.8 Å². The van der Waals surface area contributed by atoms with Crippen LogP contribution in [0.15, 0.2) is 28.7 Å². The first-order valence-electron chi connectivity index (χ1n) is 7.40. The van der Waals surface area contributed by atoms with Crippen molar-refractivity contribution in [3.05, 3.63) is 35.8 Å². The number of rotatable bonds is 2. The average molecular weight is 276 g/mol. The molecule has 0 spiro atoms. The first kappa shape index (κ1) is 13.6. The van der Waals surface area contributed by atoms with Crippen molar-refractivity contribution in [2.75, 3.05) is 0 Å². The first-order valence-corrected chi connectivity index (χ1v) is 7.40. The summed E-state index contributed by atoms with van der Waals surface area (Å²) < 4.78 is 19.0. The quantitative estimate of drug-likeness (QED) is 0.869. The SMILES string of the molecule is CC(C)C1CCC(O)(c2cc3cc(F)ccc3o2)CC1. The Morgan fingerprint density at radius 1 is 1.25 bits per heavy atom. The molecular weight excluding hydrogens is 255 g/mol. The number of hydrogen-bond donors (Lipinski definition) is 1. The summed E-state index contributed by atoms with van der Waals surface area (Å²) in [5.74, 6) is 1.64. The summed E-state index contributed by atoms with van der Waals surface area (Å²) in [6.45, 7) is 4.47. The zero-order chi connectivity index (χ0) is 14.3. The van der Waals surface area contributed by atoms with Gasteiger partial charge in [-0.2, -0.15) is 0 Å². The van der Waals surface area contributed by atoms with E-state index in [1.54, 1.807) is 12.1 Å². The zero-order valence-corrected chi connectivity index (χ0v) is 12.0. The number of benzene rings is 1. The zero-order valence-electron chi connectivity index (χ0n) is 12.0. The fourth-order valence-electron chi connectivity index (χ4n) is 3.27. The molecule has 1 heterocycles. The summed E-state index contributed by atoms with van der Waals surface area (Å²) in [4.78, 5) is 0. The summed E-state index contributed by atoms with van der Waals surface area (Å²) >= 11 is 0. The maximum absolute atomic E-state index is 13.2. The largest absolute Gasteiger partial charge is 0.458 e.